The average Bonchev–Trinajstić information content (AvgIpc) is 3.26. The van der Waals surface area contributed by atoms with Crippen molar-refractivity contribution in [1.29, 1.82) is 0 Å². The first kappa shape index (κ1) is 31.2. The number of aliphatic carboxylic acids is 1. The lowest BCUT2D eigenvalue weighted by molar-refractivity contribution is -0.143. The van der Waals surface area contributed by atoms with Crippen molar-refractivity contribution in [3.05, 3.63) is 36.0 Å². The molecule has 1 aromatic heterocycles. The van der Waals surface area contributed by atoms with Crippen molar-refractivity contribution in [2.24, 2.45) is 17.4 Å². The van der Waals surface area contributed by atoms with Crippen molar-refractivity contribution >= 4 is 40.5 Å². The number of aromatic nitrogens is 1. The molecule has 0 bridgehead atoms. The Kier molecular flexibility index (Phi) is 11.4. The molecular formula is C26H38N6O7. The number of amides is 4. The van der Waals surface area contributed by atoms with Crippen LogP contribution in [0.1, 0.15) is 45.6 Å². The number of hydrogen-bond acceptors (Lipinski definition) is 7. The molecule has 0 aliphatic carbocycles. The smallest absolute Gasteiger partial charge is 0.326 e. The molecule has 5 atom stereocenters. The van der Waals surface area contributed by atoms with E-state index in [2.05, 4.69) is 20.9 Å². The minimum atomic E-state index is -1.53. The second-order valence-corrected chi connectivity index (χ2v) is 9.99. The minimum absolute atomic E-state index is 0.0483. The fraction of sp³-hybridized carbons (Fsp3) is 0.500. The first-order valence-electron chi connectivity index (χ1n) is 12.7. The Morgan fingerprint density at radius 1 is 0.949 bits per heavy atom. The second kappa shape index (κ2) is 14.3. The fourth-order valence-corrected chi connectivity index (χ4v) is 4.08. The highest BCUT2D eigenvalue weighted by atomic mass is 16.4. The summed E-state index contributed by atoms with van der Waals surface area (Å²) in [5, 5.41) is 27.6. The number of carboxylic acid groups (broad SMARTS) is 1. The normalized spacial score (nSPS) is 15.1. The molecule has 0 fully saturated rings. The maximum absolute atomic E-state index is 13.1. The highest BCUT2D eigenvalue weighted by molar-refractivity contribution is 5.95. The van der Waals surface area contributed by atoms with Crippen LogP contribution in [0, 0.1) is 5.92 Å². The molecule has 4 amide bonds. The molecule has 214 valence electrons. The molecule has 13 heteroatoms. The third-order valence-electron chi connectivity index (χ3n) is 6.15. The number of rotatable bonds is 15. The van der Waals surface area contributed by atoms with E-state index in [9.17, 15) is 34.2 Å². The summed E-state index contributed by atoms with van der Waals surface area (Å²) in [7, 11) is 0. The minimum Gasteiger partial charge on any atom is -0.480 e. The standard InChI is InChI=1S/C26H38N6O7/c1-13(2)10-20(26(38)39)31-25(37)22(14(3)33)32-24(36)19(8-9-21(28)34)30-23(35)17(27)11-15-12-29-18-7-5-4-6-16(15)18/h4-7,12-14,17,19-20,22,29,33H,8-11,27H2,1-3H3,(H2,28,34)(H,30,35)(H,31,37)(H,32,36)(H,38,39). The molecule has 10 N–H and O–H groups in total. The molecule has 1 heterocycles. The number of hydrogen-bond donors (Lipinski definition) is 8. The van der Waals surface area contributed by atoms with E-state index in [0.29, 0.717) is 0 Å². The van der Waals surface area contributed by atoms with Crippen LogP contribution in [0.2, 0.25) is 0 Å². The molecule has 1 aromatic carbocycles. The summed E-state index contributed by atoms with van der Waals surface area (Å²) in [6.07, 6.45) is 0.186. The van der Waals surface area contributed by atoms with E-state index >= 15 is 0 Å². The summed E-state index contributed by atoms with van der Waals surface area (Å²) >= 11 is 0. The van der Waals surface area contributed by atoms with Crippen molar-refractivity contribution in [1.82, 2.24) is 20.9 Å². The van der Waals surface area contributed by atoms with Crippen LogP contribution >= 0.6 is 0 Å². The van der Waals surface area contributed by atoms with Crippen LogP contribution in [-0.2, 0) is 30.4 Å². The maximum atomic E-state index is 13.1. The molecule has 5 unspecified atom stereocenters. The van der Waals surface area contributed by atoms with Gasteiger partial charge < -0.3 is 42.6 Å². The van der Waals surface area contributed by atoms with E-state index in [1.165, 1.54) is 6.92 Å². The Hall–Kier alpha value is -3.97. The van der Waals surface area contributed by atoms with Gasteiger partial charge in [0.25, 0.3) is 0 Å². The van der Waals surface area contributed by atoms with Crippen molar-refractivity contribution < 1.29 is 34.2 Å². The van der Waals surface area contributed by atoms with E-state index in [4.69, 9.17) is 11.5 Å². The number of aliphatic hydroxyl groups excluding tert-OH is 1. The molecule has 2 aromatic rings. The number of fused-ring (bicyclic) bond motifs is 1. The van der Waals surface area contributed by atoms with Gasteiger partial charge in [0.2, 0.25) is 23.6 Å². The number of para-hydroxylation sites is 1. The number of nitrogens with one attached hydrogen (secondary N) is 4. The van der Waals surface area contributed by atoms with Gasteiger partial charge in [-0.15, -0.1) is 0 Å². The lowest BCUT2D eigenvalue weighted by atomic mass is 10.0. The van der Waals surface area contributed by atoms with Gasteiger partial charge in [-0.3, -0.25) is 19.2 Å². The summed E-state index contributed by atoms with van der Waals surface area (Å²) in [5.74, 6) is -4.49. The summed E-state index contributed by atoms with van der Waals surface area (Å²) in [6, 6.07) is 2.37. The monoisotopic (exact) mass is 546 g/mol. The van der Waals surface area contributed by atoms with Crippen LogP contribution in [0.5, 0.6) is 0 Å². The first-order valence-corrected chi connectivity index (χ1v) is 12.7. The van der Waals surface area contributed by atoms with Gasteiger partial charge in [-0.25, -0.2) is 4.79 Å². The number of benzene rings is 1. The van der Waals surface area contributed by atoms with Crippen LogP contribution in [-0.4, -0.2) is 75.1 Å². The van der Waals surface area contributed by atoms with Gasteiger partial charge in [0, 0.05) is 23.5 Å². The zero-order chi connectivity index (χ0) is 29.3. The Bertz CT molecular complexity index is 1180. The van der Waals surface area contributed by atoms with Crippen LogP contribution < -0.4 is 27.4 Å². The van der Waals surface area contributed by atoms with Crippen molar-refractivity contribution in [2.45, 2.75) is 76.7 Å². The number of carbonyl (C=O) groups is 5. The lowest BCUT2D eigenvalue weighted by Gasteiger charge is -2.26. The van der Waals surface area contributed by atoms with Crippen molar-refractivity contribution in [3.8, 4) is 0 Å². The predicted molar refractivity (Wildman–Crippen MR) is 143 cm³/mol. The quantitative estimate of drug-likeness (QED) is 0.142. The van der Waals surface area contributed by atoms with Crippen LogP contribution in [0.25, 0.3) is 10.9 Å². The van der Waals surface area contributed by atoms with Gasteiger partial charge in [-0.1, -0.05) is 32.0 Å². The molecule has 39 heavy (non-hydrogen) atoms. The number of aromatic amines is 1. The topological polar surface area (TPSA) is 230 Å². The fourth-order valence-electron chi connectivity index (χ4n) is 4.08. The molecule has 0 radical (unpaired) electrons. The second-order valence-electron chi connectivity index (χ2n) is 9.99. The highest BCUT2D eigenvalue weighted by Gasteiger charge is 2.33. The highest BCUT2D eigenvalue weighted by Crippen LogP contribution is 2.19. The Morgan fingerprint density at radius 3 is 2.18 bits per heavy atom. The van der Waals surface area contributed by atoms with E-state index in [-0.39, 0.29) is 31.6 Å². The Labute approximate surface area is 226 Å². The molecule has 0 aliphatic heterocycles. The maximum Gasteiger partial charge on any atom is 0.326 e. The zero-order valence-electron chi connectivity index (χ0n) is 22.3. The number of H-pyrrole nitrogens is 1. The first-order chi connectivity index (χ1) is 18.3. The molecule has 0 saturated carbocycles. The molecule has 13 nitrogen and oxygen atoms in total. The van der Waals surface area contributed by atoms with E-state index in [1.807, 2.05) is 24.3 Å². The Balaban J connectivity index is 2.13. The van der Waals surface area contributed by atoms with Gasteiger partial charge in [0.1, 0.15) is 18.1 Å². The zero-order valence-corrected chi connectivity index (χ0v) is 22.3. The summed E-state index contributed by atoms with van der Waals surface area (Å²) in [6.45, 7) is 4.81. The predicted octanol–water partition coefficient (Wildman–Crippen LogP) is -0.731. The van der Waals surface area contributed by atoms with Crippen LogP contribution in [0.4, 0.5) is 0 Å². The van der Waals surface area contributed by atoms with E-state index in [1.54, 1.807) is 20.0 Å². The summed E-state index contributed by atoms with van der Waals surface area (Å²) in [5.41, 5.74) is 13.0. The Morgan fingerprint density at radius 2 is 1.59 bits per heavy atom. The average molecular weight is 547 g/mol. The number of aliphatic hydroxyl groups is 1. The van der Waals surface area contributed by atoms with Gasteiger partial charge in [0.05, 0.1) is 12.1 Å². The summed E-state index contributed by atoms with van der Waals surface area (Å²) < 4.78 is 0. The number of nitrogens with two attached hydrogens (primary N) is 2. The molecule has 0 spiro atoms. The van der Waals surface area contributed by atoms with Crippen molar-refractivity contribution in [3.63, 3.8) is 0 Å². The van der Waals surface area contributed by atoms with Gasteiger partial charge in [-0.2, -0.15) is 0 Å². The summed E-state index contributed by atoms with van der Waals surface area (Å²) in [4.78, 5) is 64.8. The largest absolute Gasteiger partial charge is 0.480 e. The molecular weight excluding hydrogens is 508 g/mol. The van der Waals surface area contributed by atoms with Gasteiger partial charge in [-0.05, 0) is 43.7 Å². The molecule has 2 rings (SSSR count). The van der Waals surface area contributed by atoms with Crippen molar-refractivity contribution in [2.75, 3.05) is 0 Å². The molecule has 0 aliphatic rings. The SMILES string of the molecule is CC(C)CC(NC(=O)C(NC(=O)C(CCC(N)=O)NC(=O)C(N)Cc1c[nH]c2ccccc12)C(C)O)C(=O)O. The van der Waals surface area contributed by atoms with Gasteiger partial charge in [0.15, 0.2) is 0 Å². The number of carbonyl (C=O) groups excluding carboxylic acids is 4. The lowest BCUT2D eigenvalue weighted by Crippen LogP contribution is -2.60. The van der Waals surface area contributed by atoms with Gasteiger partial charge >= 0.3 is 5.97 Å². The van der Waals surface area contributed by atoms with E-state index < -0.39 is 59.9 Å². The van der Waals surface area contributed by atoms with Crippen LogP contribution in [0.3, 0.4) is 0 Å². The molecule has 0 saturated heterocycles. The third kappa shape index (κ3) is 9.37. The van der Waals surface area contributed by atoms with Crippen LogP contribution in [0.15, 0.2) is 30.5 Å². The number of carboxylic acids is 1. The number of primary amides is 1. The third-order valence-corrected chi connectivity index (χ3v) is 6.15. The van der Waals surface area contributed by atoms with E-state index in [0.717, 1.165) is 16.5 Å².